The predicted molar refractivity (Wildman–Crippen MR) is 120 cm³/mol. The van der Waals surface area contributed by atoms with E-state index in [1.165, 1.54) is 0 Å². The highest BCUT2D eigenvalue weighted by molar-refractivity contribution is 5.92. The van der Waals surface area contributed by atoms with Crippen LogP contribution >= 0.6 is 0 Å². The van der Waals surface area contributed by atoms with Crippen LogP contribution in [0.1, 0.15) is 66.2 Å². The number of rotatable bonds is 6. The van der Waals surface area contributed by atoms with Crippen molar-refractivity contribution in [3.63, 3.8) is 0 Å². The van der Waals surface area contributed by atoms with Crippen LogP contribution in [-0.2, 0) is 23.9 Å². The molecule has 0 saturated heterocycles. The van der Waals surface area contributed by atoms with Crippen LogP contribution in [0.3, 0.4) is 0 Å². The number of ether oxygens (including phenoxy) is 2. The first-order valence-corrected chi connectivity index (χ1v) is 12.4. The minimum atomic E-state index is -1.46. The highest BCUT2D eigenvalue weighted by atomic mass is 16.6. The van der Waals surface area contributed by atoms with Gasteiger partial charge in [-0.1, -0.05) is 26.3 Å². The number of allylic oxidation sites excluding steroid dienone is 1. The highest BCUT2D eigenvalue weighted by Crippen LogP contribution is 2.69. The van der Waals surface area contributed by atoms with Gasteiger partial charge in [0.1, 0.15) is 13.2 Å². The summed E-state index contributed by atoms with van der Waals surface area (Å²) in [7, 11) is 0. The lowest BCUT2D eigenvalue weighted by Gasteiger charge is -2.62. The van der Waals surface area contributed by atoms with Crippen molar-refractivity contribution in [1.82, 2.24) is 0 Å². The van der Waals surface area contributed by atoms with Crippen LogP contribution in [0.25, 0.3) is 0 Å². The zero-order chi connectivity index (χ0) is 24.2. The Morgan fingerprint density at radius 1 is 1.24 bits per heavy atom. The van der Waals surface area contributed by atoms with Gasteiger partial charge in [-0.15, -0.1) is 0 Å². The lowest BCUT2D eigenvalue weighted by Crippen LogP contribution is -2.64. The van der Waals surface area contributed by atoms with Crippen LogP contribution in [0.15, 0.2) is 11.6 Å². The standard InChI is InChI=1S/C26H38O7/c1-5-32-14-22(31)33-26(21(30)13-27)9-7-18-17-10-15(2)19-11-16(28)6-8-24(19,3)23(17)20(29)12-25(18,26)4/h11,15,17-18,20,23,27,29H,5-10,12-14H2,1-4H3/t15-,17-,18-,20-,23+,24-,25-,26-/m0/s1. The van der Waals surface area contributed by atoms with Crippen molar-refractivity contribution in [3.05, 3.63) is 11.6 Å². The Kier molecular flexibility index (Phi) is 6.38. The normalized spacial score (nSPS) is 44.4. The zero-order valence-corrected chi connectivity index (χ0v) is 20.3. The van der Waals surface area contributed by atoms with Gasteiger partial charge in [0, 0.05) is 18.4 Å². The van der Waals surface area contributed by atoms with Crippen LogP contribution in [0.2, 0.25) is 0 Å². The number of hydrogen-bond donors (Lipinski definition) is 2. The first kappa shape index (κ1) is 24.6. The van der Waals surface area contributed by atoms with Crippen LogP contribution in [-0.4, -0.2) is 59.3 Å². The summed E-state index contributed by atoms with van der Waals surface area (Å²) in [5.41, 5.74) is -1.34. The molecule has 0 aromatic carbocycles. The van der Waals surface area contributed by atoms with E-state index in [1.807, 2.05) is 13.0 Å². The molecule has 2 N–H and O–H groups in total. The van der Waals surface area contributed by atoms with Gasteiger partial charge in [-0.05, 0) is 74.2 Å². The number of esters is 1. The van der Waals surface area contributed by atoms with Gasteiger partial charge in [0.05, 0.1) is 6.10 Å². The molecule has 184 valence electrons. The SMILES string of the molecule is CCOCC(=O)O[C@]1(C(=O)CO)CC[C@H]2[C@@H]3C[C@H](C)C4=CC(=O)CC[C@]4(C)[C@H]3[C@@H](O)C[C@@]21C. The summed E-state index contributed by atoms with van der Waals surface area (Å²) in [6.07, 6.45) is 4.52. The number of hydrogen-bond acceptors (Lipinski definition) is 7. The molecule has 8 atom stereocenters. The monoisotopic (exact) mass is 462 g/mol. The van der Waals surface area contributed by atoms with Gasteiger partial charge in [-0.3, -0.25) is 9.59 Å². The second-order valence-electron chi connectivity index (χ2n) is 11.2. The van der Waals surface area contributed by atoms with E-state index in [2.05, 4.69) is 13.8 Å². The second-order valence-corrected chi connectivity index (χ2v) is 11.2. The second kappa shape index (κ2) is 8.58. The third-order valence-corrected chi connectivity index (χ3v) is 9.64. The molecule has 4 aliphatic carbocycles. The Morgan fingerprint density at radius 3 is 2.64 bits per heavy atom. The molecule has 0 amide bonds. The zero-order valence-electron chi connectivity index (χ0n) is 20.3. The van der Waals surface area contributed by atoms with Crippen LogP contribution in [0.5, 0.6) is 0 Å². The quantitative estimate of drug-likeness (QED) is 0.584. The number of Topliss-reactive ketones (excluding diaryl/α,β-unsaturated/α-hetero) is 1. The first-order valence-electron chi connectivity index (χ1n) is 12.4. The highest BCUT2D eigenvalue weighted by Gasteiger charge is 2.70. The Balaban J connectivity index is 1.73. The molecule has 33 heavy (non-hydrogen) atoms. The van der Waals surface area contributed by atoms with E-state index >= 15 is 0 Å². The van der Waals surface area contributed by atoms with Gasteiger partial charge in [-0.2, -0.15) is 0 Å². The maximum absolute atomic E-state index is 13.2. The first-order chi connectivity index (χ1) is 15.5. The third kappa shape index (κ3) is 3.53. The van der Waals surface area contributed by atoms with E-state index in [9.17, 15) is 24.6 Å². The summed E-state index contributed by atoms with van der Waals surface area (Å²) in [5.74, 6) is -0.538. The topological polar surface area (TPSA) is 110 Å². The summed E-state index contributed by atoms with van der Waals surface area (Å²) < 4.78 is 11.1. The fourth-order valence-electron chi connectivity index (χ4n) is 8.33. The van der Waals surface area contributed by atoms with Crippen LogP contribution in [0, 0.1) is 34.5 Å². The van der Waals surface area contributed by atoms with Gasteiger partial charge in [0.25, 0.3) is 0 Å². The van der Waals surface area contributed by atoms with Gasteiger partial charge in [-0.25, -0.2) is 4.79 Å². The molecule has 0 aromatic rings. The Hall–Kier alpha value is -1.57. The molecule has 0 bridgehead atoms. The van der Waals surface area contributed by atoms with E-state index in [-0.39, 0.29) is 41.5 Å². The predicted octanol–water partition coefficient (Wildman–Crippen LogP) is 2.62. The molecule has 4 aliphatic rings. The maximum atomic E-state index is 13.2. The lowest BCUT2D eigenvalue weighted by molar-refractivity contribution is -0.205. The fourth-order valence-corrected chi connectivity index (χ4v) is 8.33. The molecule has 7 nitrogen and oxygen atoms in total. The largest absolute Gasteiger partial charge is 0.449 e. The summed E-state index contributed by atoms with van der Waals surface area (Å²) in [5, 5.41) is 21.4. The maximum Gasteiger partial charge on any atom is 0.333 e. The van der Waals surface area contributed by atoms with E-state index in [4.69, 9.17) is 9.47 Å². The van der Waals surface area contributed by atoms with Gasteiger partial charge in [0.2, 0.25) is 5.78 Å². The van der Waals surface area contributed by atoms with Gasteiger partial charge in [0.15, 0.2) is 11.4 Å². The average Bonchev–Trinajstić information content (AvgIpc) is 3.05. The Bertz CT molecular complexity index is 865. The minimum absolute atomic E-state index is 0.00900. The molecule has 0 radical (unpaired) electrons. The molecule has 0 spiro atoms. The molecule has 0 unspecified atom stereocenters. The molecule has 4 rings (SSSR count). The number of fused-ring (bicyclic) bond motifs is 5. The van der Waals surface area contributed by atoms with E-state index < -0.39 is 35.5 Å². The molecular formula is C26H38O7. The molecule has 3 saturated carbocycles. The number of carbonyl (C=O) groups is 3. The van der Waals surface area contributed by atoms with E-state index in [0.717, 1.165) is 18.4 Å². The molecule has 0 aliphatic heterocycles. The smallest absolute Gasteiger partial charge is 0.333 e. The Morgan fingerprint density at radius 2 is 1.97 bits per heavy atom. The molecule has 7 heteroatoms. The lowest BCUT2D eigenvalue weighted by atomic mass is 9.44. The fraction of sp³-hybridized carbons (Fsp3) is 0.808. The van der Waals surface area contributed by atoms with Crippen molar-refractivity contribution in [1.29, 1.82) is 0 Å². The summed E-state index contributed by atoms with van der Waals surface area (Å²) in [6.45, 7) is 7.47. The van der Waals surface area contributed by atoms with Crippen molar-refractivity contribution < 1.29 is 34.1 Å². The van der Waals surface area contributed by atoms with Crippen molar-refractivity contribution in [2.45, 2.75) is 77.9 Å². The van der Waals surface area contributed by atoms with Gasteiger partial charge >= 0.3 is 5.97 Å². The molecular weight excluding hydrogens is 424 g/mol. The summed E-state index contributed by atoms with van der Waals surface area (Å²) in [6, 6.07) is 0. The molecule has 0 aromatic heterocycles. The van der Waals surface area contributed by atoms with Crippen molar-refractivity contribution in [2.24, 2.45) is 34.5 Å². The minimum Gasteiger partial charge on any atom is -0.449 e. The Labute approximate surface area is 195 Å². The average molecular weight is 463 g/mol. The summed E-state index contributed by atoms with van der Waals surface area (Å²) >= 11 is 0. The van der Waals surface area contributed by atoms with E-state index in [0.29, 0.717) is 32.3 Å². The van der Waals surface area contributed by atoms with Crippen molar-refractivity contribution >= 4 is 17.5 Å². The van der Waals surface area contributed by atoms with Crippen molar-refractivity contribution in [3.8, 4) is 0 Å². The molecule has 0 heterocycles. The van der Waals surface area contributed by atoms with Crippen LogP contribution in [0.4, 0.5) is 0 Å². The van der Waals surface area contributed by atoms with E-state index in [1.54, 1.807) is 6.92 Å². The number of carbonyl (C=O) groups excluding carboxylic acids is 3. The number of ketones is 2. The molecule has 3 fully saturated rings. The summed E-state index contributed by atoms with van der Waals surface area (Å²) in [4.78, 5) is 38.0. The van der Waals surface area contributed by atoms with Crippen LogP contribution < -0.4 is 0 Å². The number of aliphatic hydroxyl groups excluding tert-OH is 2. The van der Waals surface area contributed by atoms with Crippen molar-refractivity contribution in [2.75, 3.05) is 19.8 Å². The van der Waals surface area contributed by atoms with Gasteiger partial charge < -0.3 is 19.7 Å². The number of aliphatic hydroxyl groups is 2. The third-order valence-electron chi connectivity index (χ3n) is 9.64.